The third-order valence-electron chi connectivity index (χ3n) is 7.35. The maximum Gasteiger partial charge on any atom is 0.233 e. The van der Waals surface area contributed by atoms with E-state index in [9.17, 15) is 4.79 Å². The molecule has 28 heavy (non-hydrogen) atoms. The molecule has 3 heteroatoms. The molecule has 0 bridgehead atoms. The van der Waals surface area contributed by atoms with Crippen molar-refractivity contribution in [2.75, 3.05) is 24.5 Å². The van der Waals surface area contributed by atoms with Crippen molar-refractivity contribution in [2.45, 2.75) is 51.0 Å². The number of hydrogen-bond acceptors (Lipinski definition) is 2. The predicted molar refractivity (Wildman–Crippen MR) is 113 cm³/mol. The molecule has 3 nitrogen and oxygen atoms in total. The molecule has 1 atom stereocenters. The highest BCUT2D eigenvalue weighted by Crippen LogP contribution is 2.45. The summed E-state index contributed by atoms with van der Waals surface area (Å²) in [5, 5.41) is 0. The molecule has 0 aromatic heterocycles. The molecule has 1 unspecified atom stereocenters. The first-order chi connectivity index (χ1) is 13.7. The fourth-order valence-corrected chi connectivity index (χ4v) is 5.16. The summed E-state index contributed by atoms with van der Waals surface area (Å²) < 4.78 is 0. The van der Waals surface area contributed by atoms with Gasteiger partial charge < -0.3 is 4.90 Å². The molecule has 146 valence electrons. The number of anilines is 1. The van der Waals surface area contributed by atoms with Crippen LogP contribution in [0.15, 0.2) is 54.6 Å². The normalized spacial score (nSPS) is 23.3. The Morgan fingerprint density at radius 1 is 0.893 bits per heavy atom. The van der Waals surface area contributed by atoms with Gasteiger partial charge in [-0.15, -0.1) is 0 Å². The fraction of sp³-hybridized carbons (Fsp3) is 0.480. The molecule has 2 saturated heterocycles. The number of amides is 1. The van der Waals surface area contributed by atoms with Crippen LogP contribution < -0.4 is 4.90 Å². The van der Waals surface area contributed by atoms with Gasteiger partial charge in [-0.2, -0.15) is 0 Å². The summed E-state index contributed by atoms with van der Waals surface area (Å²) in [6, 6.07) is 19.9. The lowest BCUT2D eigenvalue weighted by atomic mass is 9.76. The molecule has 1 saturated carbocycles. The molecular formula is C25H30N2O. The third kappa shape index (κ3) is 3.16. The highest BCUT2D eigenvalue weighted by atomic mass is 16.2. The molecule has 1 spiro atoms. The molecule has 1 aliphatic carbocycles. The number of nitrogens with zero attached hydrogens (tertiary/aromatic N) is 2. The molecule has 2 heterocycles. The summed E-state index contributed by atoms with van der Waals surface area (Å²) >= 11 is 0. The molecular weight excluding hydrogens is 344 g/mol. The Kier molecular flexibility index (Phi) is 4.51. The molecule has 2 aromatic carbocycles. The van der Waals surface area contributed by atoms with E-state index in [0.29, 0.717) is 11.9 Å². The van der Waals surface area contributed by atoms with E-state index in [0.717, 1.165) is 50.5 Å². The second-order valence-electron chi connectivity index (χ2n) is 8.98. The number of rotatable bonds is 4. The van der Waals surface area contributed by atoms with Gasteiger partial charge in [0.25, 0.3) is 0 Å². The van der Waals surface area contributed by atoms with Crippen LogP contribution in [0.3, 0.4) is 0 Å². The van der Waals surface area contributed by atoms with Crippen LogP contribution >= 0.6 is 0 Å². The van der Waals surface area contributed by atoms with E-state index in [1.54, 1.807) is 0 Å². The van der Waals surface area contributed by atoms with Gasteiger partial charge in [0.15, 0.2) is 0 Å². The van der Waals surface area contributed by atoms with Crippen molar-refractivity contribution >= 4 is 11.6 Å². The summed E-state index contributed by atoms with van der Waals surface area (Å²) in [4.78, 5) is 18.0. The topological polar surface area (TPSA) is 23.6 Å². The quantitative estimate of drug-likeness (QED) is 0.739. The second-order valence-corrected chi connectivity index (χ2v) is 8.98. The van der Waals surface area contributed by atoms with Gasteiger partial charge in [0.1, 0.15) is 0 Å². The zero-order chi connectivity index (χ0) is 19.1. The van der Waals surface area contributed by atoms with Crippen LogP contribution in [0.1, 0.15) is 62.1 Å². The van der Waals surface area contributed by atoms with E-state index in [1.807, 2.05) is 4.90 Å². The molecule has 2 aromatic rings. The Morgan fingerprint density at radius 3 is 2.18 bits per heavy atom. The van der Waals surface area contributed by atoms with Crippen molar-refractivity contribution < 1.29 is 4.79 Å². The van der Waals surface area contributed by atoms with E-state index >= 15 is 0 Å². The van der Waals surface area contributed by atoms with Crippen molar-refractivity contribution in [1.29, 1.82) is 0 Å². The average Bonchev–Trinajstić information content (AvgIpc) is 3.56. The summed E-state index contributed by atoms with van der Waals surface area (Å²) in [5.74, 6) is 1.13. The second kappa shape index (κ2) is 7.04. The van der Waals surface area contributed by atoms with E-state index in [1.165, 1.54) is 24.0 Å². The van der Waals surface area contributed by atoms with Crippen LogP contribution in [0.25, 0.3) is 0 Å². The lowest BCUT2D eigenvalue weighted by Gasteiger charge is -2.40. The van der Waals surface area contributed by atoms with Gasteiger partial charge in [0, 0.05) is 18.3 Å². The largest absolute Gasteiger partial charge is 0.312 e. The SMILES string of the molecule is CC(c1ccccc1)N1CCC2(CCN(c3ccc(C4CC4)cc3)C2=O)CC1. The third-order valence-corrected chi connectivity index (χ3v) is 7.35. The van der Waals surface area contributed by atoms with E-state index in [-0.39, 0.29) is 5.41 Å². The van der Waals surface area contributed by atoms with Gasteiger partial charge >= 0.3 is 0 Å². The molecule has 3 fully saturated rings. The summed E-state index contributed by atoms with van der Waals surface area (Å²) in [5.41, 5.74) is 3.76. The summed E-state index contributed by atoms with van der Waals surface area (Å²) in [6.45, 7) is 5.18. The Bertz CT molecular complexity index is 833. The van der Waals surface area contributed by atoms with Gasteiger partial charge in [-0.1, -0.05) is 42.5 Å². The minimum absolute atomic E-state index is 0.137. The molecule has 0 N–H and O–H groups in total. The van der Waals surface area contributed by atoms with Crippen LogP contribution in [0.5, 0.6) is 0 Å². The number of benzene rings is 2. The maximum absolute atomic E-state index is 13.4. The van der Waals surface area contributed by atoms with E-state index in [2.05, 4.69) is 66.4 Å². The molecule has 2 aliphatic heterocycles. The summed E-state index contributed by atoms with van der Waals surface area (Å²) in [6.07, 6.45) is 5.62. The van der Waals surface area contributed by atoms with Gasteiger partial charge in [-0.05, 0) is 81.3 Å². The van der Waals surface area contributed by atoms with Crippen LogP contribution in [-0.4, -0.2) is 30.4 Å². The number of carbonyl (C=O) groups is 1. The highest BCUT2D eigenvalue weighted by Gasteiger charge is 2.48. The van der Waals surface area contributed by atoms with Crippen molar-refractivity contribution in [3.8, 4) is 0 Å². The first-order valence-electron chi connectivity index (χ1n) is 10.9. The van der Waals surface area contributed by atoms with Crippen molar-refractivity contribution in [1.82, 2.24) is 4.90 Å². The summed E-state index contributed by atoms with van der Waals surface area (Å²) in [7, 11) is 0. The van der Waals surface area contributed by atoms with Crippen LogP contribution in [0.4, 0.5) is 5.69 Å². The fourth-order valence-electron chi connectivity index (χ4n) is 5.16. The minimum Gasteiger partial charge on any atom is -0.312 e. The van der Waals surface area contributed by atoms with Gasteiger partial charge in [-0.3, -0.25) is 9.69 Å². The molecule has 1 amide bonds. The number of piperidine rings is 1. The molecule has 3 aliphatic rings. The Labute approximate surface area is 168 Å². The van der Waals surface area contributed by atoms with E-state index in [4.69, 9.17) is 0 Å². The zero-order valence-electron chi connectivity index (χ0n) is 16.8. The maximum atomic E-state index is 13.4. The lowest BCUT2D eigenvalue weighted by molar-refractivity contribution is -0.128. The van der Waals surface area contributed by atoms with E-state index < -0.39 is 0 Å². The number of likely N-dealkylation sites (tertiary alicyclic amines) is 1. The minimum atomic E-state index is -0.137. The monoisotopic (exact) mass is 374 g/mol. The van der Waals surface area contributed by atoms with Gasteiger partial charge in [-0.25, -0.2) is 0 Å². The molecule has 0 radical (unpaired) electrons. The Hall–Kier alpha value is -2.13. The zero-order valence-corrected chi connectivity index (χ0v) is 16.8. The predicted octanol–water partition coefficient (Wildman–Crippen LogP) is 5.14. The van der Waals surface area contributed by atoms with Crippen molar-refractivity contribution in [3.63, 3.8) is 0 Å². The van der Waals surface area contributed by atoms with Crippen molar-refractivity contribution in [2.24, 2.45) is 5.41 Å². The first kappa shape index (κ1) is 17.9. The van der Waals surface area contributed by atoms with Crippen LogP contribution in [-0.2, 0) is 4.79 Å². The van der Waals surface area contributed by atoms with Crippen LogP contribution in [0.2, 0.25) is 0 Å². The number of carbonyl (C=O) groups excluding carboxylic acids is 1. The van der Waals surface area contributed by atoms with Crippen molar-refractivity contribution in [3.05, 3.63) is 65.7 Å². The standard InChI is InChI=1S/C25H30N2O/c1-19(20-5-3-2-4-6-20)26-16-13-25(14-17-26)15-18-27(24(25)28)23-11-9-22(10-12-23)21-7-8-21/h2-6,9-12,19,21H,7-8,13-18H2,1H3. The Balaban J connectivity index is 1.25. The lowest BCUT2D eigenvalue weighted by Crippen LogP contribution is -2.45. The molecule has 5 rings (SSSR count). The average molecular weight is 375 g/mol. The van der Waals surface area contributed by atoms with Crippen LogP contribution in [0, 0.1) is 5.41 Å². The number of hydrogen-bond donors (Lipinski definition) is 0. The Morgan fingerprint density at radius 2 is 1.54 bits per heavy atom. The first-order valence-corrected chi connectivity index (χ1v) is 10.9. The highest BCUT2D eigenvalue weighted by molar-refractivity contribution is 6.00. The van der Waals surface area contributed by atoms with Gasteiger partial charge in [0.05, 0.1) is 5.41 Å². The van der Waals surface area contributed by atoms with Gasteiger partial charge in [0.2, 0.25) is 5.91 Å². The smallest absolute Gasteiger partial charge is 0.233 e.